The molecule has 0 fully saturated rings. The monoisotopic (exact) mass is 251 g/mol. The average molecular weight is 251 g/mol. The van der Waals surface area contributed by atoms with E-state index in [4.69, 9.17) is 10.5 Å². The first-order valence-corrected chi connectivity index (χ1v) is 6.78. The highest BCUT2D eigenvalue weighted by atomic mass is 16.5. The second-order valence-corrected chi connectivity index (χ2v) is 4.24. The molecule has 2 N–H and O–H groups in total. The second-order valence-electron chi connectivity index (χ2n) is 4.24. The normalized spacial score (nSPS) is 10.9. The molecule has 0 aromatic carbocycles. The Morgan fingerprint density at radius 1 is 1.22 bits per heavy atom. The molecule has 1 aromatic heterocycles. The molecule has 0 amide bonds. The zero-order valence-electron chi connectivity index (χ0n) is 11.8. The first-order valence-electron chi connectivity index (χ1n) is 6.78. The molecule has 0 atom stereocenters. The fourth-order valence-electron chi connectivity index (χ4n) is 1.81. The smallest absolute Gasteiger partial charge is 0.213 e. The van der Waals surface area contributed by atoms with Crippen molar-refractivity contribution < 1.29 is 4.74 Å². The number of nitrogens with zero attached hydrogens (tertiary/aromatic N) is 2. The molecule has 0 unspecified atom stereocenters. The summed E-state index contributed by atoms with van der Waals surface area (Å²) in [5.41, 5.74) is 7.79. The van der Waals surface area contributed by atoms with Crippen molar-refractivity contribution >= 4 is 0 Å². The van der Waals surface area contributed by atoms with Crippen LogP contribution in [0.2, 0.25) is 0 Å². The van der Waals surface area contributed by atoms with Crippen LogP contribution >= 0.6 is 0 Å². The fraction of sp³-hybridized carbons (Fsp3) is 0.643. The number of ether oxygens (including phenoxy) is 1. The highest BCUT2D eigenvalue weighted by Crippen LogP contribution is 2.13. The van der Waals surface area contributed by atoms with E-state index in [0.717, 1.165) is 37.3 Å². The Bertz CT molecular complexity index is 329. The van der Waals surface area contributed by atoms with Gasteiger partial charge in [-0.25, -0.2) is 4.98 Å². The molecule has 1 aromatic rings. The Morgan fingerprint density at radius 2 is 1.94 bits per heavy atom. The van der Waals surface area contributed by atoms with Crippen LogP contribution in [-0.2, 0) is 13.0 Å². The van der Waals surface area contributed by atoms with Gasteiger partial charge >= 0.3 is 0 Å². The summed E-state index contributed by atoms with van der Waals surface area (Å²) in [7, 11) is 0. The lowest BCUT2D eigenvalue weighted by atomic mass is 10.2. The van der Waals surface area contributed by atoms with Gasteiger partial charge in [-0.1, -0.05) is 20.8 Å². The van der Waals surface area contributed by atoms with Gasteiger partial charge in [0, 0.05) is 24.8 Å². The molecule has 0 spiro atoms. The number of hydrogen-bond acceptors (Lipinski definition) is 4. The lowest BCUT2D eigenvalue weighted by molar-refractivity contribution is 0.217. The van der Waals surface area contributed by atoms with Crippen molar-refractivity contribution in [1.82, 2.24) is 9.88 Å². The van der Waals surface area contributed by atoms with Crippen molar-refractivity contribution in [3.05, 3.63) is 23.4 Å². The van der Waals surface area contributed by atoms with Crippen LogP contribution in [0, 0.1) is 0 Å². The third kappa shape index (κ3) is 4.63. The van der Waals surface area contributed by atoms with Gasteiger partial charge in [0.15, 0.2) is 0 Å². The number of likely N-dealkylation sites (N-methyl/N-ethyl adjacent to an activating group) is 1. The fourth-order valence-corrected chi connectivity index (χ4v) is 1.81. The van der Waals surface area contributed by atoms with E-state index in [2.05, 4.69) is 30.7 Å². The summed E-state index contributed by atoms with van der Waals surface area (Å²) < 4.78 is 5.72. The second kappa shape index (κ2) is 8.06. The van der Waals surface area contributed by atoms with Gasteiger partial charge < -0.3 is 15.4 Å². The molecule has 4 heteroatoms. The predicted molar refractivity (Wildman–Crippen MR) is 74.8 cm³/mol. The molecule has 1 heterocycles. The molecule has 102 valence electrons. The summed E-state index contributed by atoms with van der Waals surface area (Å²) in [6.07, 6.45) is 0.903. The van der Waals surface area contributed by atoms with E-state index < -0.39 is 0 Å². The zero-order chi connectivity index (χ0) is 13.4. The van der Waals surface area contributed by atoms with E-state index in [9.17, 15) is 0 Å². The number of aromatic nitrogens is 1. The molecule has 0 saturated carbocycles. The van der Waals surface area contributed by atoms with Gasteiger partial charge in [-0.2, -0.15) is 0 Å². The number of aryl methyl sites for hydroxylation is 1. The molecule has 0 radical (unpaired) electrons. The standard InChI is InChI=1S/C14H25N3O/c1-4-13-9-12(11-15)10-14(16-13)18-8-7-17(5-2)6-3/h9-10H,4-8,11,15H2,1-3H3. The van der Waals surface area contributed by atoms with Crippen molar-refractivity contribution in [1.29, 1.82) is 0 Å². The van der Waals surface area contributed by atoms with Crippen LogP contribution < -0.4 is 10.5 Å². The van der Waals surface area contributed by atoms with Gasteiger partial charge in [0.2, 0.25) is 5.88 Å². The van der Waals surface area contributed by atoms with Crippen LogP contribution in [0.5, 0.6) is 5.88 Å². The van der Waals surface area contributed by atoms with Crippen molar-refractivity contribution in [2.75, 3.05) is 26.2 Å². The summed E-state index contributed by atoms with van der Waals surface area (Å²) >= 11 is 0. The Kier molecular flexibility index (Phi) is 6.68. The number of rotatable bonds is 8. The molecule has 0 aliphatic rings. The van der Waals surface area contributed by atoms with Crippen LogP contribution in [0.1, 0.15) is 32.0 Å². The minimum atomic E-state index is 0.530. The van der Waals surface area contributed by atoms with Gasteiger partial charge in [-0.15, -0.1) is 0 Å². The quantitative estimate of drug-likeness (QED) is 0.766. The van der Waals surface area contributed by atoms with Crippen LogP contribution in [0.3, 0.4) is 0 Å². The molecule has 0 saturated heterocycles. The number of pyridine rings is 1. The molecule has 18 heavy (non-hydrogen) atoms. The number of nitrogens with two attached hydrogens (primary N) is 1. The van der Waals surface area contributed by atoms with E-state index in [1.54, 1.807) is 0 Å². The van der Waals surface area contributed by atoms with E-state index in [1.165, 1.54) is 0 Å². The lowest BCUT2D eigenvalue weighted by Crippen LogP contribution is -2.28. The maximum absolute atomic E-state index is 5.72. The maximum atomic E-state index is 5.72. The molecule has 0 aliphatic heterocycles. The first-order chi connectivity index (χ1) is 8.73. The van der Waals surface area contributed by atoms with E-state index in [0.29, 0.717) is 19.0 Å². The first kappa shape index (κ1) is 14.9. The van der Waals surface area contributed by atoms with Crippen molar-refractivity contribution in [3.8, 4) is 5.88 Å². The zero-order valence-corrected chi connectivity index (χ0v) is 11.8. The summed E-state index contributed by atoms with van der Waals surface area (Å²) in [6.45, 7) is 10.6. The SMILES string of the molecule is CCc1cc(CN)cc(OCCN(CC)CC)n1. The highest BCUT2D eigenvalue weighted by Gasteiger charge is 2.03. The van der Waals surface area contributed by atoms with Gasteiger partial charge in [0.1, 0.15) is 6.61 Å². The van der Waals surface area contributed by atoms with Crippen molar-refractivity contribution in [3.63, 3.8) is 0 Å². The van der Waals surface area contributed by atoms with Gasteiger partial charge in [0.05, 0.1) is 0 Å². The highest BCUT2D eigenvalue weighted by molar-refractivity contribution is 5.25. The van der Waals surface area contributed by atoms with Crippen LogP contribution in [0.25, 0.3) is 0 Å². The molecule has 1 rings (SSSR count). The minimum Gasteiger partial charge on any atom is -0.476 e. The summed E-state index contributed by atoms with van der Waals surface area (Å²) in [4.78, 5) is 6.78. The lowest BCUT2D eigenvalue weighted by Gasteiger charge is -2.18. The third-order valence-electron chi connectivity index (χ3n) is 3.06. The molecular formula is C14H25N3O. The molecule has 4 nitrogen and oxygen atoms in total. The van der Waals surface area contributed by atoms with E-state index >= 15 is 0 Å². The summed E-state index contributed by atoms with van der Waals surface area (Å²) in [5, 5.41) is 0. The van der Waals surface area contributed by atoms with Crippen LogP contribution in [0.4, 0.5) is 0 Å². The number of hydrogen-bond donors (Lipinski definition) is 1. The minimum absolute atomic E-state index is 0.530. The largest absolute Gasteiger partial charge is 0.476 e. The summed E-state index contributed by atoms with van der Waals surface area (Å²) in [6, 6.07) is 3.97. The maximum Gasteiger partial charge on any atom is 0.213 e. The topological polar surface area (TPSA) is 51.4 Å². The van der Waals surface area contributed by atoms with Gasteiger partial charge in [-0.3, -0.25) is 0 Å². The van der Waals surface area contributed by atoms with E-state index in [-0.39, 0.29) is 0 Å². The van der Waals surface area contributed by atoms with Crippen LogP contribution in [0.15, 0.2) is 12.1 Å². The predicted octanol–water partition coefficient (Wildman–Crippen LogP) is 1.82. The summed E-state index contributed by atoms with van der Waals surface area (Å²) in [5.74, 6) is 0.696. The van der Waals surface area contributed by atoms with Crippen molar-refractivity contribution in [2.24, 2.45) is 5.73 Å². The van der Waals surface area contributed by atoms with Gasteiger partial charge in [0.25, 0.3) is 0 Å². The van der Waals surface area contributed by atoms with Gasteiger partial charge in [-0.05, 0) is 31.1 Å². The molecular weight excluding hydrogens is 226 g/mol. The van der Waals surface area contributed by atoms with E-state index in [1.807, 2.05) is 12.1 Å². The van der Waals surface area contributed by atoms with Crippen molar-refractivity contribution in [2.45, 2.75) is 33.7 Å². The Hall–Kier alpha value is -1.13. The Morgan fingerprint density at radius 3 is 2.50 bits per heavy atom. The Balaban J connectivity index is 2.55. The molecule has 0 aliphatic carbocycles. The average Bonchev–Trinajstić information content (AvgIpc) is 2.43. The Labute approximate surface area is 110 Å². The molecule has 0 bridgehead atoms. The third-order valence-corrected chi connectivity index (χ3v) is 3.06. The van der Waals surface area contributed by atoms with Crippen LogP contribution in [-0.4, -0.2) is 36.1 Å².